The van der Waals surface area contributed by atoms with Gasteiger partial charge in [-0.2, -0.15) is 4.31 Å². The zero-order valence-corrected chi connectivity index (χ0v) is 10.7. The highest BCUT2D eigenvalue weighted by Crippen LogP contribution is 2.06. The first kappa shape index (κ1) is 13.4. The molecule has 0 aliphatic carbocycles. The summed E-state index contributed by atoms with van der Waals surface area (Å²) in [4.78, 5) is 4.08. The Morgan fingerprint density at radius 2 is 2.19 bits per heavy atom. The third kappa shape index (κ3) is 4.08. The van der Waals surface area contributed by atoms with Gasteiger partial charge in [-0.1, -0.05) is 6.07 Å². The molecule has 1 rings (SSSR count). The van der Waals surface area contributed by atoms with Gasteiger partial charge in [0.1, 0.15) is 0 Å². The van der Waals surface area contributed by atoms with Crippen molar-refractivity contribution < 1.29 is 8.42 Å². The molecule has 0 aliphatic heterocycles. The fourth-order valence-corrected chi connectivity index (χ4v) is 2.65. The van der Waals surface area contributed by atoms with Gasteiger partial charge in [0.05, 0.1) is 18.0 Å². The Kier molecular flexibility index (Phi) is 5.18. The summed E-state index contributed by atoms with van der Waals surface area (Å²) >= 11 is 5.48. The van der Waals surface area contributed by atoms with Gasteiger partial charge in [-0.05, 0) is 18.6 Å². The molecule has 90 valence electrons. The summed E-state index contributed by atoms with van der Waals surface area (Å²) in [6, 6.07) is 5.43. The molecular formula is C10H15ClN2O2S. The summed E-state index contributed by atoms with van der Waals surface area (Å²) in [5.41, 5.74) is 0.736. The van der Waals surface area contributed by atoms with Crippen LogP contribution in [0.3, 0.4) is 0 Å². The van der Waals surface area contributed by atoms with E-state index in [1.807, 2.05) is 6.07 Å². The molecule has 4 nitrogen and oxygen atoms in total. The van der Waals surface area contributed by atoms with Crippen molar-refractivity contribution in [1.29, 1.82) is 0 Å². The van der Waals surface area contributed by atoms with Crippen LogP contribution in [0.2, 0.25) is 0 Å². The summed E-state index contributed by atoms with van der Waals surface area (Å²) in [5.74, 6) is 0.441. The number of pyridine rings is 1. The number of hydrogen-bond donors (Lipinski definition) is 0. The van der Waals surface area contributed by atoms with Gasteiger partial charge in [0, 0.05) is 19.1 Å². The molecule has 0 fully saturated rings. The summed E-state index contributed by atoms with van der Waals surface area (Å²) in [6.45, 7) is 0.297. The van der Waals surface area contributed by atoms with Crippen LogP contribution in [0.15, 0.2) is 24.4 Å². The molecule has 0 unspecified atom stereocenters. The summed E-state index contributed by atoms with van der Waals surface area (Å²) in [6.07, 6.45) is 2.12. The average Bonchev–Trinajstić information content (AvgIpc) is 2.28. The summed E-state index contributed by atoms with van der Waals surface area (Å²) in [7, 11) is -1.66. The monoisotopic (exact) mass is 262 g/mol. The predicted octanol–water partition coefficient (Wildman–Crippen LogP) is 1.47. The minimum absolute atomic E-state index is 0.0832. The maximum Gasteiger partial charge on any atom is 0.214 e. The zero-order chi connectivity index (χ0) is 12.0. The van der Waals surface area contributed by atoms with E-state index in [1.165, 1.54) is 4.31 Å². The number of nitrogens with zero attached hydrogens (tertiary/aromatic N) is 2. The van der Waals surface area contributed by atoms with Crippen LogP contribution in [-0.4, -0.2) is 36.4 Å². The molecule has 0 amide bonds. The van der Waals surface area contributed by atoms with Gasteiger partial charge in [-0.3, -0.25) is 4.98 Å². The molecule has 1 aromatic rings. The van der Waals surface area contributed by atoms with Crippen molar-refractivity contribution in [3.8, 4) is 0 Å². The summed E-state index contributed by atoms with van der Waals surface area (Å²) < 4.78 is 24.8. The highest BCUT2D eigenvalue weighted by atomic mass is 35.5. The van der Waals surface area contributed by atoms with E-state index in [2.05, 4.69) is 4.98 Å². The lowest BCUT2D eigenvalue weighted by atomic mass is 10.3. The lowest BCUT2D eigenvalue weighted by Gasteiger charge is -2.16. The van der Waals surface area contributed by atoms with E-state index in [4.69, 9.17) is 11.6 Å². The number of halogens is 1. The lowest BCUT2D eigenvalue weighted by Crippen LogP contribution is -2.29. The predicted molar refractivity (Wildman–Crippen MR) is 64.8 cm³/mol. The quantitative estimate of drug-likeness (QED) is 0.730. The van der Waals surface area contributed by atoms with Crippen molar-refractivity contribution in [3.63, 3.8) is 0 Å². The molecule has 0 radical (unpaired) electrons. The fourth-order valence-electron chi connectivity index (χ4n) is 1.21. The second-order valence-corrected chi connectivity index (χ2v) is 6.01. The van der Waals surface area contributed by atoms with Gasteiger partial charge < -0.3 is 0 Å². The Morgan fingerprint density at radius 3 is 2.75 bits per heavy atom. The van der Waals surface area contributed by atoms with E-state index < -0.39 is 10.0 Å². The maximum absolute atomic E-state index is 11.7. The lowest BCUT2D eigenvalue weighted by molar-refractivity contribution is 0.461. The van der Waals surface area contributed by atoms with E-state index in [-0.39, 0.29) is 5.75 Å². The van der Waals surface area contributed by atoms with Crippen molar-refractivity contribution in [2.45, 2.75) is 13.0 Å². The number of aromatic nitrogens is 1. The van der Waals surface area contributed by atoms with Crippen LogP contribution < -0.4 is 0 Å². The third-order valence-corrected chi connectivity index (χ3v) is 4.27. The Balaban J connectivity index is 2.61. The zero-order valence-electron chi connectivity index (χ0n) is 9.13. The van der Waals surface area contributed by atoms with Crippen molar-refractivity contribution in [2.75, 3.05) is 18.7 Å². The Hall–Kier alpha value is -0.650. The molecule has 0 N–H and O–H groups in total. The molecule has 16 heavy (non-hydrogen) atoms. The minimum Gasteiger partial charge on any atom is -0.260 e. The maximum atomic E-state index is 11.7. The largest absolute Gasteiger partial charge is 0.260 e. The van der Waals surface area contributed by atoms with Crippen LogP contribution in [0.5, 0.6) is 0 Å². The number of alkyl halides is 1. The van der Waals surface area contributed by atoms with Crippen LogP contribution in [0.1, 0.15) is 12.1 Å². The molecule has 1 aromatic heterocycles. The van der Waals surface area contributed by atoms with Crippen molar-refractivity contribution in [1.82, 2.24) is 9.29 Å². The first-order chi connectivity index (χ1) is 7.56. The molecular weight excluding hydrogens is 248 g/mol. The number of sulfonamides is 1. The van der Waals surface area contributed by atoms with E-state index in [1.54, 1.807) is 25.4 Å². The minimum atomic E-state index is -3.21. The molecule has 1 heterocycles. The van der Waals surface area contributed by atoms with Crippen molar-refractivity contribution in [2.24, 2.45) is 0 Å². The number of hydrogen-bond acceptors (Lipinski definition) is 3. The SMILES string of the molecule is CN(Cc1ccccn1)S(=O)(=O)CCCCl. The molecule has 0 aliphatic rings. The second kappa shape index (κ2) is 6.18. The van der Waals surface area contributed by atoms with E-state index >= 15 is 0 Å². The van der Waals surface area contributed by atoms with Gasteiger partial charge in [0.25, 0.3) is 0 Å². The number of rotatable bonds is 6. The highest BCUT2D eigenvalue weighted by molar-refractivity contribution is 7.89. The van der Waals surface area contributed by atoms with Crippen LogP contribution in [-0.2, 0) is 16.6 Å². The fraction of sp³-hybridized carbons (Fsp3) is 0.500. The molecule has 6 heteroatoms. The van der Waals surface area contributed by atoms with Gasteiger partial charge in [0.2, 0.25) is 10.0 Å². The van der Waals surface area contributed by atoms with Crippen LogP contribution in [0.4, 0.5) is 0 Å². The summed E-state index contributed by atoms with van der Waals surface area (Å²) in [5, 5.41) is 0. The van der Waals surface area contributed by atoms with Crippen LogP contribution >= 0.6 is 11.6 Å². The highest BCUT2D eigenvalue weighted by Gasteiger charge is 2.17. The molecule has 0 atom stereocenters. The normalized spacial score (nSPS) is 11.9. The van der Waals surface area contributed by atoms with Crippen molar-refractivity contribution >= 4 is 21.6 Å². The first-order valence-corrected chi connectivity index (χ1v) is 7.10. The third-order valence-electron chi connectivity index (χ3n) is 2.12. The van der Waals surface area contributed by atoms with Crippen LogP contribution in [0, 0.1) is 0 Å². The van der Waals surface area contributed by atoms with Crippen molar-refractivity contribution in [3.05, 3.63) is 30.1 Å². The molecule has 0 aromatic carbocycles. The average molecular weight is 263 g/mol. The van der Waals surface area contributed by atoms with Gasteiger partial charge in [-0.25, -0.2) is 8.42 Å². The van der Waals surface area contributed by atoms with Gasteiger partial charge in [0.15, 0.2) is 0 Å². The van der Waals surface area contributed by atoms with Gasteiger partial charge in [-0.15, -0.1) is 11.6 Å². The van der Waals surface area contributed by atoms with E-state index in [0.29, 0.717) is 18.8 Å². The second-order valence-electron chi connectivity index (χ2n) is 3.44. The van der Waals surface area contributed by atoms with Gasteiger partial charge >= 0.3 is 0 Å². The Bertz CT molecular complexity index is 408. The molecule has 0 spiro atoms. The topological polar surface area (TPSA) is 50.3 Å². The smallest absolute Gasteiger partial charge is 0.214 e. The van der Waals surface area contributed by atoms with Crippen LogP contribution in [0.25, 0.3) is 0 Å². The Labute approximate surface area is 101 Å². The molecule has 0 bridgehead atoms. The van der Waals surface area contributed by atoms with E-state index in [9.17, 15) is 8.42 Å². The van der Waals surface area contributed by atoms with E-state index in [0.717, 1.165) is 5.69 Å². The standard InChI is InChI=1S/C10H15ClN2O2S/c1-13(16(14,15)8-4-6-11)9-10-5-2-3-7-12-10/h2-3,5,7H,4,6,8-9H2,1H3. The first-order valence-electron chi connectivity index (χ1n) is 4.96. The molecule has 0 saturated carbocycles. The molecule has 0 saturated heterocycles. The Morgan fingerprint density at radius 1 is 1.44 bits per heavy atom.